The van der Waals surface area contributed by atoms with E-state index in [4.69, 9.17) is 0 Å². The zero-order chi connectivity index (χ0) is 16.7. The van der Waals surface area contributed by atoms with Crippen LogP contribution in [0.5, 0.6) is 0 Å². The van der Waals surface area contributed by atoms with Crippen LogP contribution < -0.4 is 0 Å². The second-order valence-electron chi connectivity index (χ2n) is 6.37. The van der Waals surface area contributed by atoms with E-state index in [0.29, 0.717) is 11.3 Å². The Bertz CT molecular complexity index is 905. The molecule has 0 fully saturated rings. The summed E-state index contributed by atoms with van der Waals surface area (Å²) in [5.74, 6) is -0.0853. The van der Waals surface area contributed by atoms with E-state index in [-0.39, 0.29) is 5.78 Å². The molecule has 2 aromatic heterocycles. The van der Waals surface area contributed by atoms with Gasteiger partial charge in [0.2, 0.25) is 5.78 Å². The highest BCUT2D eigenvalue weighted by atomic mass is 16.1. The lowest BCUT2D eigenvalue weighted by Crippen LogP contribution is -2.08. The molecule has 0 aliphatic heterocycles. The molecule has 0 amide bonds. The van der Waals surface area contributed by atoms with Crippen LogP contribution in [0.2, 0.25) is 0 Å². The van der Waals surface area contributed by atoms with Gasteiger partial charge in [-0.1, -0.05) is 35.5 Å². The van der Waals surface area contributed by atoms with Crippen molar-refractivity contribution < 1.29 is 4.79 Å². The van der Waals surface area contributed by atoms with Gasteiger partial charge < -0.3 is 4.57 Å². The molecule has 4 rings (SSSR count). The summed E-state index contributed by atoms with van der Waals surface area (Å²) in [5, 5.41) is 8.29. The van der Waals surface area contributed by atoms with Crippen molar-refractivity contribution in [2.75, 3.05) is 0 Å². The van der Waals surface area contributed by atoms with E-state index < -0.39 is 0 Å². The number of carbonyl (C=O) groups is 1. The molecule has 0 atom stereocenters. The normalized spacial score (nSPS) is 13.8. The van der Waals surface area contributed by atoms with Gasteiger partial charge in [0.1, 0.15) is 5.69 Å². The molecule has 3 aromatic rings. The Morgan fingerprint density at radius 2 is 1.83 bits per heavy atom. The van der Waals surface area contributed by atoms with Crippen LogP contribution in [0.3, 0.4) is 0 Å². The highest BCUT2D eigenvalue weighted by Crippen LogP contribution is 2.31. The van der Waals surface area contributed by atoms with E-state index in [1.165, 1.54) is 24.1 Å². The highest BCUT2D eigenvalue weighted by molar-refractivity contribution is 6.10. The number of nitrogens with zero attached hydrogens (tertiary/aromatic N) is 4. The minimum Gasteiger partial charge on any atom is -0.346 e. The molecule has 1 aromatic carbocycles. The Kier molecular flexibility index (Phi) is 3.56. The molecule has 24 heavy (non-hydrogen) atoms. The molecular weight excluding hydrogens is 300 g/mol. The fourth-order valence-corrected chi connectivity index (χ4v) is 3.61. The van der Waals surface area contributed by atoms with Gasteiger partial charge in [0.05, 0.1) is 5.69 Å². The Labute approximate surface area is 140 Å². The van der Waals surface area contributed by atoms with E-state index in [1.807, 2.05) is 37.4 Å². The molecule has 1 aliphatic carbocycles. The summed E-state index contributed by atoms with van der Waals surface area (Å²) in [7, 11) is 3.92. The summed E-state index contributed by atoms with van der Waals surface area (Å²) in [6.45, 7) is 0. The van der Waals surface area contributed by atoms with E-state index in [2.05, 4.69) is 28.0 Å². The Balaban J connectivity index is 1.84. The van der Waals surface area contributed by atoms with Gasteiger partial charge in [-0.3, -0.25) is 4.79 Å². The molecule has 0 saturated carbocycles. The molecule has 0 N–H and O–H groups in total. The number of hydrogen-bond donors (Lipinski definition) is 0. The standard InChI is InChI=1S/C19H20N4O/c1-22-15-11-7-6-10-14(15)12-16(22)18-17(20-21-23(18)2)19(24)13-8-4-3-5-9-13/h3-5,8-9,12H,6-7,10-11H2,1-2H3. The van der Waals surface area contributed by atoms with Crippen LogP contribution in [0.25, 0.3) is 11.4 Å². The fraction of sp³-hybridized carbons (Fsp3) is 0.316. The van der Waals surface area contributed by atoms with Gasteiger partial charge in [-0.25, -0.2) is 4.68 Å². The minimum absolute atomic E-state index is 0.0853. The number of aryl methyl sites for hydroxylation is 2. The molecule has 0 bridgehead atoms. The van der Waals surface area contributed by atoms with Crippen LogP contribution in [0.15, 0.2) is 36.4 Å². The van der Waals surface area contributed by atoms with Gasteiger partial charge in [0.15, 0.2) is 5.69 Å². The lowest BCUT2D eigenvalue weighted by Gasteiger charge is -2.13. The molecule has 0 unspecified atom stereocenters. The predicted molar refractivity (Wildman–Crippen MR) is 91.9 cm³/mol. The van der Waals surface area contributed by atoms with Crippen molar-refractivity contribution in [3.63, 3.8) is 0 Å². The summed E-state index contributed by atoms with van der Waals surface area (Å²) in [4.78, 5) is 12.9. The van der Waals surface area contributed by atoms with Crippen LogP contribution in [0.4, 0.5) is 0 Å². The maximum atomic E-state index is 12.9. The van der Waals surface area contributed by atoms with Crippen molar-refractivity contribution in [1.82, 2.24) is 19.6 Å². The first-order chi connectivity index (χ1) is 11.7. The predicted octanol–water partition coefficient (Wildman–Crippen LogP) is 2.93. The number of ketones is 1. The number of fused-ring (bicyclic) bond motifs is 1. The summed E-state index contributed by atoms with van der Waals surface area (Å²) >= 11 is 0. The Morgan fingerprint density at radius 1 is 1.08 bits per heavy atom. The van der Waals surface area contributed by atoms with Gasteiger partial charge in [0, 0.05) is 25.4 Å². The molecule has 0 spiro atoms. The van der Waals surface area contributed by atoms with Crippen molar-refractivity contribution in [3.05, 3.63) is 58.9 Å². The Hall–Kier alpha value is -2.69. The molecule has 2 heterocycles. The van der Waals surface area contributed by atoms with Crippen molar-refractivity contribution in [2.24, 2.45) is 14.1 Å². The quantitative estimate of drug-likeness (QED) is 0.697. The summed E-state index contributed by atoms with van der Waals surface area (Å²) in [6, 6.07) is 11.5. The molecule has 5 heteroatoms. The summed E-state index contributed by atoms with van der Waals surface area (Å²) < 4.78 is 3.91. The third-order valence-electron chi connectivity index (χ3n) is 4.88. The first kappa shape index (κ1) is 14.9. The number of carbonyl (C=O) groups excluding carboxylic acids is 1. The van der Waals surface area contributed by atoms with Crippen LogP contribution in [-0.4, -0.2) is 25.3 Å². The Morgan fingerprint density at radius 3 is 2.58 bits per heavy atom. The monoisotopic (exact) mass is 320 g/mol. The van der Waals surface area contributed by atoms with Crippen molar-refractivity contribution in [3.8, 4) is 11.4 Å². The third kappa shape index (κ3) is 2.28. The second kappa shape index (κ2) is 5.74. The van der Waals surface area contributed by atoms with Crippen LogP contribution in [0.1, 0.15) is 40.2 Å². The fourth-order valence-electron chi connectivity index (χ4n) is 3.61. The van der Waals surface area contributed by atoms with Crippen molar-refractivity contribution >= 4 is 5.78 Å². The third-order valence-corrected chi connectivity index (χ3v) is 4.88. The molecule has 122 valence electrons. The summed E-state index contributed by atoms with van der Waals surface area (Å²) in [6.07, 6.45) is 4.66. The first-order valence-electron chi connectivity index (χ1n) is 8.34. The number of rotatable bonds is 3. The van der Waals surface area contributed by atoms with Gasteiger partial charge in [0.25, 0.3) is 0 Å². The van der Waals surface area contributed by atoms with Crippen molar-refractivity contribution in [2.45, 2.75) is 25.7 Å². The minimum atomic E-state index is -0.0853. The first-order valence-corrected chi connectivity index (χ1v) is 8.34. The van der Waals surface area contributed by atoms with E-state index in [0.717, 1.165) is 24.2 Å². The van der Waals surface area contributed by atoms with Gasteiger partial charge in [-0.05, 0) is 37.3 Å². The molecule has 0 saturated heterocycles. The maximum absolute atomic E-state index is 12.9. The van der Waals surface area contributed by atoms with Crippen LogP contribution in [0, 0.1) is 0 Å². The van der Waals surface area contributed by atoms with Gasteiger partial charge >= 0.3 is 0 Å². The SMILES string of the molecule is Cn1nnc(C(=O)c2ccccc2)c1-c1cc2c(n1C)CCCC2. The second-order valence-corrected chi connectivity index (χ2v) is 6.37. The summed E-state index contributed by atoms with van der Waals surface area (Å²) in [5.41, 5.74) is 5.63. The van der Waals surface area contributed by atoms with Crippen LogP contribution in [-0.2, 0) is 26.9 Å². The van der Waals surface area contributed by atoms with Gasteiger partial charge in [-0.15, -0.1) is 5.10 Å². The van der Waals surface area contributed by atoms with E-state index in [1.54, 1.807) is 4.68 Å². The van der Waals surface area contributed by atoms with Crippen LogP contribution >= 0.6 is 0 Å². The largest absolute Gasteiger partial charge is 0.346 e. The molecule has 1 aliphatic rings. The topological polar surface area (TPSA) is 52.7 Å². The number of benzene rings is 1. The molecule has 0 radical (unpaired) electrons. The van der Waals surface area contributed by atoms with E-state index in [9.17, 15) is 4.79 Å². The average Bonchev–Trinajstić information content (AvgIpc) is 3.15. The van der Waals surface area contributed by atoms with Gasteiger partial charge in [-0.2, -0.15) is 0 Å². The lowest BCUT2D eigenvalue weighted by atomic mass is 9.98. The highest BCUT2D eigenvalue weighted by Gasteiger charge is 2.25. The average molecular weight is 320 g/mol. The zero-order valence-corrected chi connectivity index (χ0v) is 14.0. The molecular formula is C19H20N4O. The molecule has 5 nitrogen and oxygen atoms in total. The smallest absolute Gasteiger partial charge is 0.215 e. The van der Waals surface area contributed by atoms with Crippen molar-refractivity contribution in [1.29, 1.82) is 0 Å². The zero-order valence-electron chi connectivity index (χ0n) is 14.0. The number of hydrogen-bond acceptors (Lipinski definition) is 3. The van der Waals surface area contributed by atoms with E-state index >= 15 is 0 Å². The number of aromatic nitrogens is 4. The lowest BCUT2D eigenvalue weighted by molar-refractivity contribution is 0.103. The maximum Gasteiger partial charge on any atom is 0.215 e.